The number of nitrogens with zero attached hydrogens (tertiary/aromatic N) is 2. The summed E-state index contributed by atoms with van der Waals surface area (Å²) in [5.74, 6) is -2.36. The van der Waals surface area contributed by atoms with Crippen molar-refractivity contribution in [2.24, 2.45) is 16.5 Å². The van der Waals surface area contributed by atoms with Crippen LogP contribution in [0.4, 0.5) is 8.78 Å². The fourth-order valence-electron chi connectivity index (χ4n) is 3.76. The summed E-state index contributed by atoms with van der Waals surface area (Å²) in [6.45, 7) is 1.13. The Balaban J connectivity index is 2.05. The van der Waals surface area contributed by atoms with Crippen LogP contribution in [0.5, 0.6) is 0 Å². The fraction of sp³-hybridized carbons (Fsp3) is 0.263. The summed E-state index contributed by atoms with van der Waals surface area (Å²) in [6.07, 6.45) is 1.42. The first kappa shape index (κ1) is 17.4. The number of guanidine groups is 1. The van der Waals surface area contributed by atoms with E-state index in [9.17, 15) is 13.6 Å². The molecule has 1 aliphatic heterocycles. The zero-order valence-electron chi connectivity index (χ0n) is 14.4. The SMILES string of the molecule is NC(N)=NC(=O)c1cc(F)c2c3c(F)cccc3n(C3CCOCC3)c2c1. The summed E-state index contributed by atoms with van der Waals surface area (Å²) < 4.78 is 36.9. The number of aliphatic imine (C=N–C) groups is 1. The van der Waals surface area contributed by atoms with E-state index in [2.05, 4.69) is 4.99 Å². The van der Waals surface area contributed by atoms with Gasteiger partial charge in [0.05, 0.1) is 11.0 Å². The molecule has 27 heavy (non-hydrogen) atoms. The lowest BCUT2D eigenvalue weighted by molar-refractivity contribution is 0.0717. The maximum Gasteiger partial charge on any atom is 0.280 e. The third-order valence-corrected chi connectivity index (χ3v) is 4.86. The zero-order chi connectivity index (χ0) is 19.1. The van der Waals surface area contributed by atoms with Crippen molar-refractivity contribution in [1.29, 1.82) is 0 Å². The van der Waals surface area contributed by atoms with Gasteiger partial charge in [-0.15, -0.1) is 0 Å². The first-order chi connectivity index (χ1) is 13.0. The van der Waals surface area contributed by atoms with Crippen molar-refractivity contribution >= 4 is 33.7 Å². The number of amides is 1. The molecule has 0 unspecified atom stereocenters. The lowest BCUT2D eigenvalue weighted by atomic mass is 10.1. The highest BCUT2D eigenvalue weighted by Crippen LogP contribution is 2.38. The molecule has 4 rings (SSSR count). The van der Waals surface area contributed by atoms with Crippen molar-refractivity contribution in [1.82, 2.24) is 4.57 Å². The Morgan fingerprint density at radius 1 is 1.07 bits per heavy atom. The third kappa shape index (κ3) is 2.91. The van der Waals surface area contributed by atoms with E-state index < -0.39 is 23.5 Å². The van der Waals surface area contributed by atoms with Gasteiger partial charge in [0, 0.05) is 35.6 Å². The molecule has 1 aromatic heterocycles. The van der Waals surface area contributed by atoms with Crippen molar-refractivity contribution in [2.45, 2.75) is 18.9 Å². The van der Waals surface area contributed by atoms with E-state index in [0.717, 1.165) is 6.07 Å². The summed E-state index contributed by atoms with van der Waals surface area (Å²) in [5, 5.41) is 0.355. The molecule has 3 aromatic rings. The number of fused-ring (bicyclic) bond motifs is 3. The second-order valence-corrected chi connectivity index (χ2v) is 6.54. The lowest BCUT2D eigenvalue weighted by Crippen LogP contribution is -2.24. The lowest BCUT2D eigenvalue weighted by Gasteiger charge is -2.25. The summed E-state index contributed by atoms with van der Waals surface area (Å²) in [4.78, 5) is 15.7. The Bertz CT molecular complexity index is 1080. The van der Waals surface area contributed by atoms with E-state index >= 15 is 0 Å². The fourth-order valence-corrected chi connectivity index (χ4v) is 3.76. The van der Waals surface area contributed by atoms with Gasteiger partial charge in [0.25, 0.3) is 5.91 Å². The highest BCUT2D eigenvalue weighted by Gasteiger charge is 2.25. The number of nitrogens with two attached hydrogens (primary N) is 2. The number of ether oxygens (including phenoxy) is 1. The van der Waals surface area contributed by atoms with Gasteiger partial charge < -0.3 is 20.8 Å². The van der Waals surface area contributed by atoms with E-state index in [1.165, 1.54) is 12.1 Å². The molecule has 0 spiro atoms. The molecular weight excluding hydrogens is 354 g/mol. The van der Waals surface area contributed by atoms with E-state index in [4.69, 9.17) is 16.2 Å². The molecule has 1 amide bonds. The largest absolute Gasteiger partial charge is 0.381 e. The molecule has 8 heteroatoms. The van der Waals surface area contributed by atoms with Crippen molar-refractivity contribution in [3.8, 4) is 0 Å². The monoisotopic (exact) mass is 372 g/mol. The highest BCUT2D eigenvalue weighted by molar-refractivity contribution is 6.11. The van der Waals surface area contributed by atoms with Crippen molar-refractivity contribution in [2.75, 3.05) is 13.2 Å². The van der Waals surface area contributed by atoms with Gasteiger partial charge in [0.2, 0.25) is 0 Å². The number of carbonyl (C=O) groups excluding carboxylic acids is 1. The summed E-state index contributed by atoms with van der Waals surface area (Å²) >= 11 is 0. The number of halogens is 2. The van der Waals surface area contributed by atoms with Crippen LogP contribution < -0.4 is 11.5 Å². The summed E-state index contributed by atoms with van der Waals surface area (Å²) in [6, 6.07) is 7.21. The predicted octanol–water partition coefficient (Wildman–Crippen LogP) is 2.84. The van der Waals surface area contributed by atoms with Crippen LogP contribution in [0, 0.1) is 11.6 Å². The quantitative estimate of drug-likeness (QED) is 0.534. The van der Waals surface area contributed by atoms with Crippen LogP contribution in [0.15, 0.2) is 35.3 Å². The number of hydrogen-bond donors (Lipinski definition) is 2. The maximum atomic E-state index is 15.0. The Labute approximate surface area is 153 Å². The normalized spacial score (nSPS) is 15.3. The topological polar surface area (TPSA) is 95.6 Å². The van der Waals surface area contributed by atoms with Crippen LogP contribution in [0.2, 0.25) is 0 Å². The Morgan fingerprint density at radius 3 is 2.48 bits per heavy atom. The minimum absolute atomic E-state index is 0.00456. The molecule has 2 aromatic carbocycles. The number of rotatable bonds is 2. The standard InChI is InChI=1S/C19H18F2N4O2/c20-12-2-1-3-14-16(12)17-13(21)8-10(18(26)24-19(22)23)9-15(17)25(14)11-4-6-27-7-5-11/h1-3,8-9,11H,4-7H2,(H4,22,23,24,26). The Hall–Kier alpha value is -3.00. The third-order valence-electron chi connectivity index (χ3n) is 4.86. The van der Waals surface area contributed by atoms with Crippen LogP contribution in [-0.2, 0) is 4.74 Å². The van der Waals surface area contributed by atoms with Gasteiger partial charge in [-0.3, -0.25) is 4.79 Å². The number of carbonyl (C=O) groups is 1. The Morgan fingerprint density at radius 2 is 1.78 bits per heavy atom. The van der Waals surface area contributed by atoms with Gasteiger partial charge >= 0.3 is 0 Å². The molecule has 0 bridgehead atoms. The maximum absolute atomic E-state index is 15.0. The van der Waals surface area contributed by atoms with Crippen LogP contribution in [-0.4, -0.2) is 29.6 Å². The molecule has 0 aliphatic carbocycles. The molecule has 6 nitrogen and oxygen atoms in total. The van der Waals surface area contributed by atoms with Crippen LogP contribution >= 0.6 is 0 Å². The van der Waals surface area contributed by atoms with Crippen molar-refractivity contribution in [3.05, 3.63) is 47.5 Å². The second-order valence-electron chi connectivity index (χ2n) is 6.54. The predicted molar refractivity (Wildman–Crippen MR) is 98.6 cm³/mol. The number of hydrogen-bond acceptors (Lipinski definition) is 2. The van der Waals surface area contributed by atoms with Crippen LogP contribution in [0.3, 0.4) is 0 Å². The van der Waals surface area contributed by atoms with E-state index in [1.54, 1.807) is 12.1 Å². The minimum atomic E-state index is -0.750. The van der Waals surface area contributed by atoms with Gasteiger partial charge in [-0.05, 0) is 37.1 Å². The highest BCUT2D eigenvalue weighted by atomic mass is 19.1. The molecule has 1 fully saturated rings. The second kappa shape index (κ2) is 6.62. The summed E-state index contributed by atoms with van der Waals surface area (Å²) in [7, 11) is 0. The number of aromatic nitrogens is 1. The van der Waals surface area contributed by atoms with Gasteiger partial charge in [0.15, 0.2) is 5.96 Å². The van der Waals surface area contributed by atoms with Crippen LogP contribution in [0.1, 0.15) is 29.2 Å². The van der Waals surface area contributed by atoms with Crippen LogP contribution in [0.25, 0.3) is 21.8 Å². The smallest absolute Gasteiger partial charge is 0.280 e. The molecule has 1 aliphatic rings. The summed E-state index contributed by atoms with van der Waals surface area (Å²) in [5.41, 5.74) is 11.5. The average molecular weight is 372 g/mol. The first-order valence-corrected chi connectivity index (χ1v) is 8.60. The molecule has 0 radical (unpaired) electrons. The van der Waals surface area contributed by atoms with Gasteiger partial charge in [-0.25, -0.2) is 8.78 Å². The molecule has 140 valence electrons. The molecule has 0 saturated carbocycles. The number of benzene rings is 2. The molecule has 0 atom stereocenters. The van der Waals surface area contributed by atoms with Gasteiger partial charge in [-0.1, -0.05) is 6.07 Å². The van der Waals surface area contributed by atoms with Gasteiger partial charge in [-0.2, -0.15) is 4.99 Å². The van der Waals surface area contributed by atoms with E-state index in [1.807, 2.05) is 4.57 Å². The van der Waals surface area contributed by atoms with E-state index in [0.29, 0.717) is 37.1 Å². The van der Waals surface area contributed by atoms with Crippen molar-refractivity contribution in [3.63, 3.8) is 0 Å². The van der Waals surface area contributed by atoms with E-state index in [-0.39, 0.29) is 22.4 Å². The molecule has 2 heterocycles. The molecule has 1 saturated heterocycles. The van der Waals surface area contributed by atoms with Crippen molar-refractivity contribution < 1.29 is 18.3 Å². The first-order valence-electron chi connectivity index (χ1n) is 8.60. The average Bonchev–Trinajstić information content (AvgIpc) is 2.98. The zero-order valence-corrected chi connectivity index (χ0v) is 14.4. The minimum Gasteiger partial charge on any atom is -0.381 e. The Kier molecular flexibility index (Phi) is 4.27. The molecule has 4 N–H and O–H groups in total. The molecular formula is C19H18F2N4O2. The van der Waals surface area contributed by atoms with Gasteiger partial charge in [0.1, 0.15) is 11.6 Å².